The number of hydrogen-bond donors (Lipinski definition) is 2. The number of aromatic hydroxyl groups is 1. The molecule has 0 bridgehead atoms. The Bertz CT molecular complexity index is 577. The van der Waals surface area contributed by atoms with Crippen LogP contribution < -0.4 is 10.6 Å². The number of phenolic OH excluding ortho intramolecular Hbond substituents is 1. The number of nitrogens with two attached hydrogens (primary N) is 1. The number of benzene rings is 1. The zero-order valence-corrected chi connectivity index (χ0v) is 11.1. The van der Waals surface area contributed by atoms with Crippen LogP contribution in [0.1, 0.15) is 6.92 Å². The Hall–Kier alpha value is -1.89. The first-order valence-electron chi connectivity index (χ1n) is 5.89. The highest BCUT2D eigenvalue weighted by Gasteiger charge is 2.46. The van der Waals surface area contributed by atoms with Gasteiger partial charge >= 0.3 is 12.1 Å². The first kappa shape index (κ1) is 12.2. The molecule has 0 radical (unpaired) electrons. The molecule has 1 aromatic carbocycles. The van der Waals surface area contributed by atoms with Crippen molar-refractivity contribution in [3.8, 4) is 5.75 Å². The van der Waals surface area contributed by atoms with Gasteiger partial charge in [0.25, 0.3) is 0 Å². The molecule has 2 atom stereocenters. The summed E-state index contributed by atoms with van der Waals surface area (Å²) in [5, 5.41) is 9.74. The van der Waals surface area contributed by atoms with E-state index in [0.29, 0.717) is 5.69 Å². The van der Waals surface area contributed by atoms with Crippen LogP contribution in [0.3, 0.4) is 0 Å². The van der Waals surface area contributed by atoms with Crippen molar-refractivity contribution >= 4 is 29.5 Å². The number of fused-ring (bicyclic) bond motifs is 3. The molecule has 1 saturated heterocycles. The summed E-state index contributed by atoms with van der Waals surface area (Å²) in [5.74, 6) is 0.0954. The Morgan fingerprint density at radius 3 is 2.95 bits per heavy atom. The monoisotopic (exact) mass is 279 g/mol. The number of thioether (sulfide) groups is 1. The third-order valence-corrected chi connectivity index (χ3v) is 4.75. The highest BCUT2D eigenvalue weighted by molar-refractivity contribution is 8.00. The lowest BCUT2D eigenvalue weighted by atomic mass is 10.1. The third kappa shape index (κ3) is 1.73. The van der Waals surface area contributed by atoms with E-state index in [2.05, 4.69) is 0 Å². The van der Waals surface area contributed by atoms with E-state index in [0.717, 1.165) is 9.80 Å². The number of carbonyl (C=O) groups excluding carboxylic acids is 2. The number of amides is 4. The predicted molar refractivity (Wildman–Crippen MR) is 71.4 cm³/mol. The maximum atomic E-state index is 12.3. The SMILES string of the molecule is CC1Sc2ccc(O)cc2N2C(=O)N(C(N)=O)CC12. The van der Waals surface area contributed by atoms with Gasteiger partial charge in [-0.2, -0.15) is 0 Å². The lowest BCUT2D eigenvalue weighted by Crippen LogP contribution is -2.43. The Balaban J connectivity index is 2.09. The van der Waals surface area contributed by atoms with Gasteiger partial charge in [-0.05, 0) is 12.1 Å². The van der Waals surface area contributed by atoms with Crippen LogP contribution in [0.2, 0.25) is 0 Å². The van der Waals surface area contributed by atoms with Gasteiger partial charge in [0.1, 0.15) is 5.75 Å². The number of anilines is 1. The van der Waals surface area contributed by atoms with Crippen molar-refractivity contribution < 1.29 is 14.7 Å². The van der Waals surface area contributed by atoms with Gasteiger partial charge < -0.3 is 10.8 Å². The number of phenols is 1. The molecule has 7 heteroatoms. The van der Waals surface area contributed by atoms with Crippen molar-refractivity contribution in [1.82, 2.24) is 4.90 Å². The number of nitrogens with zero attached hydrogens (tertiary/aromatic N) is 2. The van der Waals surface area contributed by atoms with Crippen molar-refractivity contribution in [2.75, 3.05) is 11.4 Å². The second-order valence-electron chi connectivity index (χ2n) is 4.64. The van der Waals surface area contributed by atoms with Crippen LogP contribution in [-0.4, -0.2) is 39.9 Å². The van der Waals surface area contributed by atoms with Crippen molar-refractivity contribution in [3.63, 3.8) is 0 Å². The number of rotatable bonds is 0. The standard InChI is InChI=1S/C12H13N3O3S/c1-6-9-5-14(11(13)17)12(18)15(9)8-4-7(16)2-3-10(8)19-6/h2-4,6,9,16H,5H2,1H3,(H2,13,17). The Morgan fingerprint density at radius 1 is 1.53 bits per heavy atom. The van der Waals surface area contributed by atoms with Gasteiger partial charge in [0.2, 0.25) is 0 Å². The van der Waals surface area contributed by atoms with Gasteiger partial charge in [-0.1, -0.05) is 6.92 Å². The average Bonchev–Trinajstić information content (AvgIpc) is 2.69. The number of hydrogen-bond acceptors (Lipinski definition) is 4. The number of urea groups is 2. The molecule has 0 aromatic heterocycles. The number of carbonyl (C=O) groups is 2. The van der Waals surface area contributed by atoms with Crippen LogP contribution in [0.25, 0.3) is 0 Å². The minimum absolute atomic E-state index is 0.0954. The lowest BCUT2D eigenvalue weighted by Gasteiger charge is -2.34. The van der Waals surface area contributed by atoms with Gasteiger partial charge in [-0.25, -0.2) is 14.5 Å². The van der Waals surface area contributed by atoms with Crippen molar-refractivity contribution in [3.05, 3.63) is 18.2 Å². The zero-order valence-electron chi connectivity index (χ0n) is 10.2. The van der Waals surface area contributed by atoms with Gasteiger partial charge in [0.15, 0.2) is 0 Å². The molecule has 0 aliphatic carbocycles. The maximum Gasteiger partial charge on any atom is 0.333 e. The molecule has 6 nitrogen and oxygen atoms in total. The summed E-state index contributed by atoms with van der Waals surface area (Å²) in [6, 6.07) is 3.64. The number of primary amides is 1. The van der Waals surface area contributed by atoms with E-state index in [4.69, 9.17) is 5.73 Å². The molecule has 2 aliphatic heterocycles. The minimum atomic E-state index is -0.738. The van der Waals surface area contributed by atoms with Crippen LogP contribution in [0.15, 0.2) is 23.1 Å². The maximum absolute atomic E-state index is 12.3. The largest absolute Gasteiger partial charge is 0.508 e. The minimum Gasteiger partial charge on any atom is -0.508 e. The Labute approximate surface area is 114 Å². The van der Waals surface area contributed by atoms with Gasteiger partial charge in [0, 0.05) is 16.2 Å². The fourth-order valence-corrected chi connectivity index (χ4v) is 3.71. The van der Waals surface area contributed by atoms with E-state index in [-0.39, 0.29) is 23.6 Å². The second-order valence-corrected chi connectivity index (χ2v) is 6.06. The van der Waals surface area contributed by atoms with Crippen molar-refractivity contribution in [1.29, 1.82) is 0 Å². The molecule has 19 heavy (non-hydrogen) atoms. The third-order valence-electron chi connectivity index (χ3n) is 3.46. The smallest absolute Gasteiger partial charge is 0.333 e. The average molecular weight is 279 g/mol. The summed E-state index contributed by atoms with van der Waals surface area (Å²) in [7, 11) is 0. The molecule has 1 aromatic rings. The zero-order chi connectivity index (χ0) is 13.7. The summed E-state index contributed by atoms with van der Waals surface area (Å²) in [6.45, 7) is 2.30. The molecular formula is C12H13N3O3S. The first-order chi connectivity index (χ1) is 8.99. The molecule has 1 fully saturated rings. The molecule has 0 saturated carbocycles. The van der Waals surface area contributed by atoms with Crippen LogP contribution in [0, 0.1) is 0 Å². The van der Waals surface area contributed by atoms with Crippen molar-refractivity contribution in [2.24, 2.45) is 5.73 Å². The highest BCUT2D eigenvalue weighted by atomic mass is 32.2. The summed E-state index contributed by atoms with van der Waals surface area (Å²) in [4.78, 5) is 27.1. The molecule has 2 heterocycles. The van der Waals surface area contributed by atoms with Crippen LogP contribution in [0.5, 0.6) is 5.75 Å². The quantitative estimate of drug-likeness (QED) is 0.754. The molecule has 4 amide bonds. The van der Waals surface area contributed by atoms with E-state index >= 15 is 0 Å². The van der Waals surface area contributed by atoms with E-state index in [9.17, 15) is 14.7 Å². The molecule has 3 rings (SSSR count). The summed E-state index contributed by atoms with van der Waals surface area (Å²) < 4.78 is 0. The van der Waals surface area contributed by atoms with Gasteiger partial charge in [-0.3, -0.25) is 4.90 Å². The van der Waals surface area contributed by atoms with Crippen LogP contribution in [0.4, 0.5) is 15.3 Å². The Kier molecular flexibility index (Phi) is 2.60. The van der Waals surface area contributed by atoms with Crippen molar-refractivity contribution in [2.45, 2.75) is 23.1 Å². The highest BCUT2D eigenvalue weighted by Crippen LogP contribution is 2.45. The first-order valence-corrected chi connectivity index (χ1v) is 6.77. The summed E-state index contributed by atoms with van der Waals surface area (Å²) in [5.41, 5.74) is 5.86. The molecule has 3 N–H and O–H groups in total. The molecule has 100 valence electrons. The second kappa shape index (κ2) is 4.06. The fourth-order valence-electron chi connectivity index (χ4n) is 2.52. The van der Waals surface area contributed by atoms with E-state index in [1.54, 1.807) is 34.9 Å². The fraction of sp³-hybridized carbons (Fsp3) is 0.333. The molecular weight excluding hydrogens is 266 g/mol. The van der Waals surface area contributed by atoms with E-state index < -0.39 is 12.1 Å². The molecule has 2 aliphatic rings. The normalized spacial score (nSPS) is 25.2. The lowest BCUT2D eigenvalue weighted by molar-refractivity contribution is 0.206. The predicted octanol–water partition coefficient (Wildman–Crippen LogP) is 1.58. The van der Waals surface area contributed by atoms with Gasteiger partial charge in [-0.15, -0.1) is 11.8 Å². The van der Waals surface area contributed by atoms with Gasteiger partial charge in [0.05, 0.1) is 18.3 Å². The van der Waals surface area contributed by atoms with Crippen LogP contribution >= 0.6 is 11.8 Å². The Morgan fingerprint density at radius 2 is 2.26 bits per heavy atom. The summed E-state index contributed by atoms with van der Waals surface area (Å²) >= 11 is 1.63. The topological polar surface area (TPSA) is 86.9 Å². The molecule has 2 unspecified atom stereocenters. The van der Waals surface area contributed by atoms with E-state index in [1.165, 1.54) is 0 Å². The van der Waals surface area contributed by atoms with E-state index in [1.807, 2.05) is 6.92 Å². The number of imide groups is 1. The van der Waals surface area contributed by atoms with Crippen LogP contribution in [-0.2, 0) is 0 Å². The molecule has 0 spiro atoms. The summed E-state index contributed by atoms with van der Waals surface area (Å²) in [6.07, 6.45) is 0.